The van der Waals surface area contributed by atoms with Crippen molar-refractivity contribution in [2.45, 2.75) is 31.9 Å². The number of para-hydroxylation sites is 2. The zero-order valence-corrected chi connectivity index (χ0v) is 15.3. The molecular weight excluding hydrogens is 342 g/mol. The number of benzene rings is 1. The molecule has 0 unspecified atom stereocenters. The summed E-state index contributed by atoms with van der Waals surface area (Å²) >= 11 is 0. The minimum atomic E-state index is 0.194. The SMILES string of the molecule is COc1ccccc1OCc1nc([C@@H]2CCCCN2)n(-c2ccncc2)n1. The molecule has 0 aliphatic carbocycles. The molecule has 1 aromatic carbocycles. The number of nitrogens with zero attached hydrogens (tertiary/aromatic N) is 4. The molecule has 140 valence electrons. The van der Waals surface area contributed by atoms with E-state index in [9.17, 15) is 0 Å². The van der Waals surface area contributed by atoms with Crippen molar-refractivity contribution in [3.8, 4) is 17.2 Å². The number of nitrogens with one attached hydrogen (secondary N) is 1. The van der Waals surface area contributed by atoms with Gasteiger partial charge in [-0.3, -0.25) is 4.98 Å². The second kappa shape index (κ2) is 8.18. The molecule has 1 aliphatic rings. The third-order valence-corrected chi connectivity index (χ3v) is 4.63. The van der Waals surface area contributed by atoms with Crippen LogP contribution >= 0.6 is 0 Å². The van der Waals surface area contributed by atoms with Crippen LogP contribution in [0.3, 0.4) is 0 Å². The lowest BCUT2D eigenvalue weighted by molar-refractivity contribution is 0.276. The van der Waals surface area contributed by atoms with Gasteiger partial charge in [0.25, 0.3) is 0 Å². The zero-order valence-electron chi connectivity index (χ0n) is 15.3. The first kappa shape index (κ1) is 17.5. The third kappa shape index (κ3) is 3.93. The van der Waals surface area contributed by atoms with Gasteiger partial charge in [0.15, 0.2) is 17.3 Å². The van der Waals surface area contributed by atoms with Crippen LogP contribution in [0.4, 0.5) is 0 Å². The van der Waals surface area contributed by atoms with Crippen molar-refractivity contribution in [1.29, 1.82) is 0 Å². The van der Waals surface area contributed by atoms with Crippen LogP contribution in [0.15, 0.2) is 48.8 Å². The van der Waals surface area contributed by atoms with Gasteiger partial charge in [-0.1, -0.05) is 18.6 Å². The molecule has 3 heterocycles. The Labute approximate surface area is 158 Å². The fraction of sp³-hybridized carbons (Fsp3) is 0.350. The fourth-order valence-corrected chi connectivity index (χ4v) is 3.28. The van der Waals surface area contributed by atoms with Crippen molar-refractivity contribution in [2.75, 3.05) is 13.7 Å². The Morgan fingerprint density at radius 2 is 1.93 bits per heavy atom. The number of pyridine rings is 1. The van der Waals surface area contributed by atoms with Gasteiger partial charge in [0, 0.05) is 12.4 Å². The van der Waals surface area contributed by atoms with Crippen LogP contribution in [-0.4, -0.2) is 33.4 Å². The maximum Gasteiger partial charge on any atom is 0.188 e. The molecule has 3 aromatic rings. The first-order valence-corrected chi connectivity index (χ1v) is 9.20. The van der Waals surface area contributed by atoms with Crippen molar-refractivity contribution < 1.29 is 9.47 Å². The molecular formula is C20H23N5O2. The minimum Gasteiger partial charge on any atom is -0.493 e. The first-order chi connectivity index (χ1) is 13.3. The maximum absolute atomic E-state index is 5.91. The molecule has 4 rings (SSSR count). The molecule has 1 saturated heterocycles. The van der Waals surface area contributed by atoms with E-state index in [4.69, 9.17) is 19.6 Å². The Morgan fingerprint density at radius 3 is 2.67 bits per heavy atom. The molecule has 0 amide bonds. The summed E-state index contributed by atoms with van der Waals surface area (Å²) < 4.78 is 13.1. The fourth-order valence-electron chi connectivity index (χ4n) is 3.28. The normalized spacial score (nSPS) is 16.9. The second-order valence-electron chi connectivity index (χ2n) is 6.45. The predicted molar refractivity (Wildman–Crippen MR) is 101 cm³/mol. The highest BCUT2D eigenvalue weighted by Gasteiger charge is 2.23. The van der Waals surface area contributed by atoms with Gasteiger partial charge in [0.1, 0.15) is 12.4 Å². The van der Waals surface area contributed by atoms with Crippen molar-refractivity contribution in [3.05, 3.63) is 60.4 Å². The summed E-state index contributed by atoms with van der Waals surface area (Å²) in [4.78, 5) is 8.88. The monoisotopic (exact) mass is 365 g/mol. The van der Waals surface area contributed by atoms with E-state index in [1.807, 2.05) is 41.1 Å². The molecule has 2 aromatic heterocycles. The Hall–Kier alpha value is -2.93. The van der Waals surface area contributed by atoms with E-state index in [2.05, 4.69) is 10.3 Å². The second-order valence-corrected chi connectivity index (χ2v) is 6.45. The van der Waals surface area contributed by atoms with Crippen LogP contribution in [0.1, 0.15) is 37.0 Å². The lowest BCUT2D eigenvalue weighted by atomic mass is 10.0. The van der Waals surface area contributed by atoms with Gasteiger partial charge in [-0.25, -0.2) is 9.67 Å². The van der Waals surface area contributed by atoms with Gasteiger partial charge >= 0.3 is 0 Å². The van der Waals surface area contributed by atoms with Crippen molar-refractivity contribution >= 4 is 0 Å². The summed E-state index contributed by atoms with van der Waals surface area (Å²) in [5, 5.41) is 8.25. The molecule has 1 N–H and O–H groups in total. The highest BCUT2D eigenvalue weighted by Crippen LogP contribution is 2.27. The molecule has 7 heteroatoms. The van der Waals surface area contributed by atoms with Gasteiger partial charge in [0.05, 0.1) is 18.8 Å². The van der Waals surface area contributed by atoms with Crippen LogP contribution in [0.25, 0.3) is 5.69 Å². The molecule has 0 spiro atoms. The molecule has 1 aliphatic heterocycles. The van der Waals surface area contributed by atoms with Gasteiger partial charge in [0.2, 0.25) is 0 Å². The smallest absolute Gasteiger partial charge is 0.188 e. The quantitative estimate of drug-likeness (QED) is 0.724. The maximum atomic E-state index is 5.91. The van der Waals surface area contributed by atoms with E-state index in [1.165, 1.54) is 12.8 Å². The van der Waals surface area contributed by atoms with Crippen LogP contribution in [0.2, 0.25) is 0 Å². The Morgan fingerprint density at radius 1 is 1.11 bits per heavy atom. The van der Waals surface area contributed by atoms with E-state index in [0.717, 1.165) is 24.5 Å². The van der Waals surface area contributed by atoms with E-state index < -0.39 is 0 Å². The number of piperidine rings is 1. The highest BCUT2D eigenvalue weighted by molar-refractivity contribution is 5.39. The number of aromatic nitrogens is 4. The lowest BCUT2D eigenvalue weighted by Crippen LogP contribution is -2.29. The summed E-state index contributed by atoms with van der Waals surface area (Å²) in [7, 11) is 1.63. The Balaban J connectivity index is 1.60. The summed E-state index contributed by atoms with van der Waals surface area (Å²) in [5.74, 6) is 2.93. The summed E-state index contributed by atoms with van der Waals surface area (Å²) in [6.45, 7) is 1.28. The lowest BCUT2D eigenvalue weighted by Gasteiger charge is -2.22. The largest absolute Gasteiger partial charge is 0.493 e. The summed E-state index contributed by atoms with van der Waals surface area (Å²) in [6.07, 6.45) is 6.97. The van der Waals surface area contributed by atoms with Gasteiger partial charge < -0.3 is 14.8 Å². The van der Waals surface area contributed by atoms with E-state index >= 15 is 0 Å². The molecule has 0 saturated carbocycles. The number of ether oxygens (including phenoxy) is 2. The Bertz CT molecular complexity index is 875. The summed E-state index contributed by atoms with van der Waals surface area (Å²) in [6, 6.07) is 11.6. The van der Waals surface area contributed by atoms with E-state index in [1.54, 1.807) is 19.5 Å². The van der Waals surface area contributed by atoms with Gasteiger partial charge in [-0.05, 0) is 43.7 Å². The van der Waals surface area contributed by atoms with Crippen molar-refractivity contribution in [1.82, 2.24) is 25.1 Å². The molecule has 0 bridgehead atoms. The van der Waals surface area contributed by atoms with Crippen LogP contribution in [0, 0.1) is 0 Å². The molecule has 7 nitrogen and oxygen atoms in total. The summed E-state index contributed by atoms with van der Waals surface area (Å²) in [5.41, 5.74) is 0.948. The predicted octanol–water partition coefficient (Wildman–Crippen LogP) is 3.06. The third-order valence-electron chi connectivity index (χ3n) is 4.63. The highest BCUT2D eigenvalue weighted by atomic mass is 16.5. The average Bonchev–Trinajstić information content (AvgIpc) is 3.18. The zero-order chi connectivity index (χ0) is 18.5. The molecule has 1 atom stereocenters. The van der Waals surface area contributed by atoms with Gasteiger partial charge in [-0.2, -0.15) is 0 Å². The average molecular weight is 365 g/mol. The first-order valence-electron chi connectivity index (χ1n) is 9.20. The Kier molecular flexibility index (Phi) is 5.29. The van der Waals surface area contributed by atoms with Crippen LogP contribution < -0.4 is 14.8 Å². The van der Waals surface area contributed by atoms with Crippen molar-refractivity contribution in [3.63, 3.8) is 0 Å². The number of rotatable bonds is 6. The number of hydrogen-bond donors (Lipinski definition) is 1. The van der Waals surface area contributed by atoms with Gasteiger partial charge in [-0.15, -0.1) is 5.10 Å². The van der Waals surface area contributed by atoms with Crippen LogP contribution in [0.5, 0.6) is 11.5 Å². The van der Waals surface area contributed by atoms with Crippen LogP contribution in [-0.2, 0) is 6.61 Å². The van der Waals surface area contributed by atoms with E-state index in [-0.39, 0.29) is 12.6 Å². The van der Waals surface area contributed by atoms with Crippen molar-refractivity contribution in [2.24, 2.45) is 0 Å². The van der Waals surface area contributed by atoms with E-state index in [0.29, 0.717) is 17.3 Å². The molecule has 0 radical (unpaired) electrons. The standard InChI is InChI=1S/C20H23N5O2/c1-26-17-7-2-3-8-18(17)27-14-19-23-20(16-6-4-5-11-22-16)25(24-19)15-9-12-21-13-10-15/h2-3,7-10,12-13,16,22H,4-6,11,14H2,1H3/t16-/m0/s1. The molecule has 27 heavy (non-hydrogen) atoms. The number of hydrogen-bond acceptors (Lipinski definition) is 6. The molecule has 1 fully saturated rings. The minimum absolute atomic E-state index is 0.194. The number of methoxy groups -OCH3 is 1. The topological polar surface area (TPSA) is 74.1 Å².